The van der Waals surface area contributed by atoms with Crippen LogP contribution in [0.3, 0.4) is 0 Å². The zero-order chi connectivity index (χ0) is 24.9. The van der Waals surface area contributed by atoms with Crippen LogP contribution in [0.4, 0.5) is 10.5 Å². The van der Waals surface area contributed by atoms with Crippen molar-refractivity contribution in [1.29, 1.82) is 0 Å². The lowest BCUT2D eigenvalue weighted by atomic mass is 9.98. The lowest BCUT2D eigenvalue weighted by Crippen LogP contribution is -2.44. The fourth-order valence-electron chi connectivity index (χ4n) is 4.15. The average molecular weight is 602 g/mol. The van der Waals surface area contributed by atoms with E-state index in [1.807, 2.05) is 48.5 Å². The summed E-state index contributed by atoms with van der Waals surface area (Å²) in [6, 6.07) is 20.2. The van der Waals surface area contributed by atoms with Crippen LogP contribution in [0.5, 0.6) is 0 Å². The predicted molar refractivity (Wildman–Crippen MR) is 139 cm³/mol. The molecule has 3 N–H and O–H groups in total. The molecule has 180 valence electrons. The van der Waals surface area contributed by atoms with E-state index in [-0.39, 0.29) is 25.4 Å². The van der Waals surface area contributed by atoms with Crippen LogP contribution >= 0.6 is 31.9 Å². The van der Waals surface area contributed by atoms with Gasteiger partial charge < -0.3 is 20.5 Å². The second kappa shape index (κ2) is 11.0. The molecule has 35 heavy (non-hydrogen) atoms. The number of halogens is 2. The maximum absolute atomic E-state index is 12.9. The molecule has 0 aliphatic heterocycles. The number of amides is 2. The van der Waals surface area contributed by atoms with Gasteiger partial charge >= 0.3 is 12.1 Å². The van der Waals surface area contributed by atoms with Crippen molar-refractivity contribution in [3.63, 3.8) is 0 Å². The quantitative estimate of drug-likeness (QED) is 0.297. The van der Waals surface area contributed by atoms with Crippen molar-refractivity contribution >= 4 is 55.5 Å². The molecule has 0 bridgehead atoms. The van der Waals surface area contributed by atoms with Crippen molar-refractivity contribution in [2.24, 2.45) is 0 Å². The maximum Gasteiger partial charge on any atom is 0.407 e. The Labute approximate surface area is 219 Å². The summed E-state index contributed by atoms with van der Waals surface area (Å²) in [7, 11) is 0. The second-order valence-corrected chi connectivity index (χ2v) is 9.75. The molecule has 3 aromatic rings. The van der Waals surface area contributed by atoms with E-state index >= 15 is 0 Å². The Bertz CT molecular complexity index is 1210. The first-order chi connectivity index (χ1) is 16.8. The van der Waals surface area contributed by atoms with E-state index in [4.69, 9.17) is 9.84 Å². The summed E-state index contributed by atoms with van der Waals surface area (Å²) in [5.41, 5.74) is 4.83. The van der Waals surface area contributed by atoms with E-state index in [2.05, 4.69) is 42.5 Å². The zero-order valence-corrected chi connectivity index (χ0v) is 21.6. The van der Waals surface area contributed by atoms with Crippen molar-refractivity contribution < 1.29 is 24.2 Å². The minimum atomic E-state index is -1.10. The Hall–Kier alpha value is -3.17. The van der Waals surface area contributed by atoms with E-state index in [1.54, 1.807) is 18.2 Å². The summed E-state index contributed by atoms with van der Waals surface area (Å²) < 4.78 is 6.80. The maximum atomic E-state index is 12.9. The monoisotopic (exact) mass is 600 g/mol. The highest BCUT2D eigenvalue weighted by Gasteiger charge is 2.30. The number of carboxylic acid groups (broad SMARTS) is 1. The fraction of sp³-hybridized carbons (Fsp3) is 0.192. The molecule has 7 nitrogen and oxygen atoms in total. The highest BCUT2D eigenvalue weighted by molar-refractivity contribution is 9.11. The third-order valence-corrected chi connectivity index (χ3v) is 7.13. The van der Waals surface area contributed by atoms with E-state index in [1.165, 1.54) is 0 Å². The van der Waals surface area contributed by atoms with Gasteiger partial charge in [-0.2, -0.15) is 0 Å². The van der Waals surface area contributed by atoms with Crippen LogP contribution in [0, 0.1) is 0 Å². The summed E-state index contributed by atoms with van der Waals surface area (Å²) >= 11 is 6.75. The number of para-hydroxylation sites is 1. The van der Waals surface area contributed by atoms with E-state index in [0.717, 1.165) is 22.3 Å². The average Bonchev–Trinajstić information content (AvgIpc) is 3.16. The molecule has 0 heterocycles. The number of ether oxygens (including phenoxy) is 1. The van der Waals surface area contributed by atoms with Crippen LogP contribution in [0.15, 0.2) is 75.7 Å². The summed E-state index contributed by atoms with van der Waals surface area (Å²) in [6.45, 7) is 0.0862. The molecular weight excluding hydrogens is 580 g/mol. The van der Waals surface area contributed by atoms with Crippen LogP contribution < -0.4 is 10.6 Å². The molecule has 0 radical (unpaired) electrons. The molecule has 0 aromatic heterocycles. The van der Waals surface area contributed by atoms with Gasteiger partial charge in [-0.15, -0.1) is 0 Å². The first-order valence-electron chi connectivity index (χ1n) is 10.9. The molecule has 0 saturated carbocycles. The lowest BCUT2D eigenvalue weighted by molar-refractivity contribution is -0.137. The van der Waals surface area contributed by atoms with Gasteiger partial charge in [-0.1, -0.05) is 54.6 Å². The molecule has 0 spiro atoms. The normalized spacial score (nSPS) is 12.9. The number of nitrogens with one attached hydrogen (secondary N) is 2. The number of rotatable bonds is 8. The van der Waals surface area contributed by atoms with Gasteiger partial charge in [-0.05, 0) is 72.7 Å². The van der Waals surface area contributed by atoms with Gasteiger partial charge in [-0.3, -0.25) is 9.59 Å². The number of alkyl carbamates (subject to hydrolysis) is 1. The number of carbonyl (C=O) groups excluding carboxylic acids is 2. The highest BCUT2D eigenvalue weighted by atomic mass is 79.9. The molecule has 1 unspecified atom stereocenters. The number of benzene rings is 3. The zero-order valence-electron chi connectivity index (χ0n) is 18.5. The topological polar surface area (TPSA) is 105 Å². The summed E-state index contributed by atoms with van der Waals surface area (Å²) in [5, 5.41) is 14.4. The van der Waals surface area contributed by atoms with Gasteiger partial charge in [0.15, 0.2) is 0 Å². The Morgan fingerprint density at radius 1 is 0.886 bits per heavy atom. The SMILES string of the molecule is O=C(O)CCC(NC(=O)OCC1c2ccccc2-c2ccccc21)C(=O)Nc1c(Br)cccc1Br. The van der Waals surface area contributed by atoms with Gasteiger partial charge in [0, 0.05) is 21.3 Å². The first-order valence-corrected chi connectivity index (χ1v) is 12.5. The first kappa shape index (κ1) is 24.9. The molecule has 1 aliphatic carbocycles. The van der Waals surface area contributed by atoms with Gasteiger partial charge in [0.25, 0.3) is 0 Å². The molecular formula is C26H22Br2N2O5. The van der Waals surface area contributed by atoms with Crippen LogP contribution in [0.2, 0.25) is 0 Å². The second-order valence-electron chi connectivity index (χ2n) is 8.04. The van der Waals surface area contributed by atoms with Crippen LogP contribution in [-0.4, -0.2) is 35.7 Å². The van der Waals surface area contributed by atoms with Gasteiger partial charge in [-0.25, -0.2) is 4.79 Å². The van der Waals surface area contributed by atoms with Crippen molar-refractivity contribution in [3.05, 3.63) is 86.8 Å². The Balaban J connectivity index is 1.45. The van der Waals surface area contributed by atoms with E-state index in [9.17, 15) is 14.4 Å². The smallest absolute Gasteiger partial charge is 0.407 e. The Morgan fingerprint density at radius 2 is 1.46 bits per heavy atom. The lowest BCUT2D eigenvalue weighted by Gasteiger charge is -2.20. The van der Waals surface area contributed by atoms with Crippen molar-refractivity contribution in [1.82, 2.24) is 5.32 Å². The van der Waals surface area contributed by atoms with E-state index in [0.29, 0.717) is 14.6 Å². The third kappa shape index (κ3) is 5.74. The molecule has 2 amide bonds. The molecule has 1 atom stereocenters. The summed E-state index contributed by atoms with van der Waals surface area (Å²) in [5.74, 6) is -1.75. The fourth-order valence-corrected chi connectivity index (χ4v) is 5.34. The number of carbonyl (C=O) groups is 3. The van der Waals surface area contributed by atoms with Crippen molar-refractivity contribution in [2.75, 3.05) is 11.9 Å². The minimum Gasteiger partial charge on any atom is -0.481 e. The number of anilines is 1. The minimum absolute atomic E-state index is 0.0862. The van der Waals surface area contributed by atoms with E-state index < -0.39 is 24.0 Å². The molecule has 0 fully saturated rings. The molecule has 3 aromatic carbocycles. The molecule has 0 saturated heterocycles. The largest absolute Gasteiger partial charge is 0.481 e. The number of fused-ring (bicyclic) bond motifs is 3. The number of hydrogen-bond donors (Lipinski definition) is 3. The Kier molecular flexibility index (Phi) is 7.87. The molecule has 1 aliphatic rings. The van der Waals surface area contributed by atoms with Gasteiger partial charge in [0.1, 0.15) is 12.6 Å². The molecule has 4 rings (SSSR count). The highest BCUT2D eigenvalue weighted by Crippen LogP contribution is 2.44. The molecule has 9 heteroatoms. The number of carboxylic acids is 1. The van der Waals surface area contributed by atoms with Gasteiger partial charge in [0.05, 0.1) is 5.69 Å². The third-order valence-electron chi connectivity index (χ3n) is 5.81. The standard InChI is InChI=1S/C26H22Br2N2O5/c27-20-10-5-11-21(28)24(20)30-25(33)22(12-13-23(31)32)29-26(34)35-14-19-17-8-3-1-6-15(17)16-7-2-4-9-18(16)19/h1-11,19,22H,12-14H2,(H,29,34)(H,30,33)(H,31,32). The summed E-state index contributed by atoms with van der Waals surface area (Å²) in [4.78, 5) is 36.7. The van der Waals surface area contributed by atoms with Gasteiger partial charge in [0.2, 0.25) is 5.91 Å². The van der Waals surface area contributed by atoms with Crippen molar-refractivity contribution in [3.8, 4) is 11.1 Å². The Morgan fingerprint density at radius 3 is 2.03 bits per heavy atom. The van der Waals surface area contributed by atoms with Crippen LogP contribution in [-0.2, 0) is 14.3 Å². The van der Waals surface area contributed by atoms with Crippen LogP contribution in [0.25, 0.3) is 11.1 Å². The summed E-state index contributed by atoms with van der Waals surface area (Å²) in [6.07, 6.45) is -1.17. The number of hydrogen-bond acceptors (Lipinski definition) is 4. The van der Waals surface area contributed by atoms with Crippen molar-refractivity contribution in [2.45, 2.75) is 24.8 Å². The predicted octanol–water partition coefficient (Wildman–Crippen LogP) is 5.92. The van der Waals surface area contributed by atoms with Crippen LogP contribution in [0.1, 0.15) is 29.9 Å². The number of aliphatic carboxylic acids is 1.